The van der Waals surface area contributed by atoms with Gasteiger partial charge in [0.25, 0.3) is 11.5 Å². The summed E-state index contributed by atoms with van der Waals surface area (Å²) in [5, 5.41) is 4.28. The van der Waals surface area contributed by atoms with Gasteiger partial charge in [0.15, 0.2) is 0 Å². The fraction of sp³-hybridized carbons (Fsp3) is 0.471. The third-order valence-electron chi connectivity index (χ3n) is 4.33. The number of piperidine rings is 1. The topological polar surface area (TPSA) is 81.0 Å². The lowest BCUT2D eigenvalue weighted by Gasteiger charge is -2.31. The van der Waals surface area contributed by atoms with Crippen molar-refractivity contribution >= 4 is 5.91 Å². The molecule has 1 fully saturated rings. The summed E-state index contributed by atoms with van der Waals surface area (Å²) in [5.74, 6) is 0.275. The van der Waals surface area contributed by atoms with Crippen molar-refractivity contribution in [2.75, 3.05) is 13.1 Å². The van der Waals surface area contributed by atoms with Crippen LogP contribution < -0.4 is 5.56 Å². The number of carbonyl (C=O) groups is 1. The highest BCUT2D eigenvalue weighted by Gasteiger charge is 2.25. The summed E-state index contributed by atoms with van der Waals surface area (Å²) < 4.78 is 1.53. The molecule has 0 aliphatic carbocycles. The molecule has 126 valence electrons. The molecule has 3 rings (SSSR count). The molecule has 0 aromatic carbocycles. The van der Waals surface area contributed by atoms with E-state index in [2.05, 4.69) is 15.1 Å². The highest BCUT2D eigenvalue weighted by Crippen LogP contribution is 2.19. The summed E-state index contributed by atoms with van der Waals surface area (Å²) >= 11 is 0. The van der Waals surface area contributed by atoms with Crippen LogP contribution in [-0.2, 0) is 6.54 Å². The fourth-order valence-electron chi connectivity index (χ4n) is 2.91. The van der Waals surface area contributed by atoms with Crippen LogP contribution in [0.15, 0.2) is 29.3 Å². The van der Waals surface area contributed by atoms with E-state index in [1.54, 1.807) is 18.3 Å². The maximum absolute atomic E-state index is 12.4. The minimum absolute atomic E-state index is 0.0750. The molecule has 1 aliphatic heterocycles. The van der Waals surface area contributed by atoms with E-state index in [1.165, 1.54) is 10.9 Å². The first kappa shape index (κ1) is 16.3. The Morgan fingerprint density at radius 2 is 1.88 bits per heavy atom. The molecule has 0 N–H and O–H groups in total. The Balaban J connectivity index is 1.59. The number of aromatic nitrogens is 4. The van der Waals surface area contributed by atoms with E-state index in [1.807, 2.05) is 18.7 Å². The molecule has 0 saturated carbocycles. The quantitative estimate of drug-likeness (QED) is 0.846. The molecule has 0 bridgehead atoms. The van der Waals surface area contributed by atoms with E-state index < -0.39 is 0 Å². The number of aryl methyl sites for hydroxylation is 2. The second-order valence-electron chi connectivity index (χ2n) is 6.27. The zero-order chi connectivity index (χ0) is 17.1. The molecule has 1 aliphatic rings. The highest BCUT2D eigenvalue weighted by molar-refractivity contribution is 5.92. The van der Waals surface area contributed by atoms with Gasteiger partial charge < -0.3 is 4.90 Å². The summed E-state index contributed by atoms with van der Waals surface area (Å²) in [5.41, 5.74) is 1.94. The summed E-state index contributed by atoms with van der Waals surface area (Å²) in [7, 11) is 0. The number of hydrogen-bond acceptors (Lipinski definition) is 5. The zero-order valence-corrected chi connectivity index (χ0v) is 14.0. The Bertz CT molecular complexity index is 776. The van der Waals surface area contributed by atoms with E-state index in [-0.39, 0.29) is 11.5 Å². The molecule has 24 heavy (non-hydrogen) atoms. The van der Waals surface area contributed by atoms with Crippen molar-refractivity contribution in [2.45, 2.75) is 33.2 Å². The van der Waals surface area contributed by atoms with Crippen molar-refractivity contribution in [2.24, 2.45) is 5.92 Å². The molecule has 0 unspecified atom stereocenters. The van der Waals surface area contributed by atoms with Gasteiger partial charge in [-0.2, -0.15) is 5.10 Å². The molecule has 0 radical (unpaired) electrons. The van der Waals surface area contributed by atoms with Crippen molar-refractivity contribution in [3.05, 3.63) is 52.0 Å². The third kappa shape index (κ3) is 3.67. The Morgan fingerprint density at radius 3 is 2.54 bits per heavy atom. The lowest BCUT2D eigenvalue weighted by Crippen LogP contribution is -2.40. The molecular weight excluding hydrogens is 306 g/mol. The van der Waals surface area contributed by atoms with Crippen molar-refractivity contribution in [1.29, 1.82) is 0 Å². The van der Waals surface area contributed by atoms with Crippen LogP contribution in [0.25, 0.3) is 0 Å². The normalized spacial score (nSPS) is 15.5. The fourth-order valence-corrected chi connectivity index (χ4v) is 2.91. The third-order valence-corrected chi connectivity index (χ3v) is 4.33. The van der Waals surface area contributed by atoms with Crippen molar-refractivity contribution in [1.82, 2.24) is 24.6 Å². The highest BCUT2D eigenvalue weighted by atomic mass is 16.2. The molecule has 1 saturated heterocycles. The Kier molecular flexibility index (Phi) is 4.69. The monoisotopic (exact) mass is 327 g/mol. The summed E-state index contributed by atoms with van der Waals surface area (Å²) in [6.45, 7) is 5.65. The largest absolute Gasteiger partial charge is 0.337 e. The van der Waals surface area contributed by atoms with E-state index in [0.29, 0.717) is 31.2 Å². The first-order valence-electron chi connectivity index (χ1n) is 8.15. The lowest BCUT2D eigenvalue weighted by molar-refractivity contribution is 0.0674. The predicted octanol–water partition coefficient (Wildman–Crippen LogP) is 1.20. The molecule has 7 heteroatoms. The molecule has 3 heterocycles. The van der Waals surface area contributed by atoms with E-state index >= 15 is 0 Å². The van der Waals surface area contributed by atoms with Gasteiger partial charge >= 0.3 is 0 Å². The van der Waals surface area contributed by atoms with Gasteiger partial charge in [-0.1, -0.05) is 0 Å². The molecule has 0 atom stereocenters. The number of carbonyl (C=O) groups excluding carboxylic acids is 1. The average Bonchev–Trinajstić information content (AvgIpc) is 2.59. The molecular formula is C17H21N5O2. The van der Waals surface area contributed by atoms with Crippen molar-refractivity contribution in [3.8, 4) is 0 Å². The van der Waals surface area contributed by atoms with Crippen molar-refractivity contribution in [3.63, 3.8) is 0 Å². The lowest BCUT2D eigenvalue weighted by atomic mass is 9.96. The van der Waals surface area contributed by atoms with Crippen LogP contribution >= 0.6 is 0 Å². The van der Waals surface area contributed by atoms with Gasteiger partial charge in [0.1, 0.15) is 5.69 Å². The first-order chi connectivity index (χ1) is 11.5. The number of hydrogen-bond donors (Lipinski definition) is 0. The van der Waals surface area contributed by atoms with Gasteiger partial charge in [0.2, 0.25) is 0 Å². The second-order valence-corrected chi connectivity index (χ2v) is 6.27. The SMILES string of the molecule is Cc1cnc(C(=O)N2CCC(Cn3nc(C)ccc3=O)CC2)cn1. The van der Waals surface area contributed by atoms with Crippen LogP contribution in [0.3, 0.4) is 0 Å². The first-order valence-corrected chi connectivity index (χ1v) is 8.15. The Morgan fingerprint density at radius 1 is 1.12 bits per heavy atom. The van der Waals surface area contributed by atoms with Crippen LogP contribution in [0.2, 0.25) is 0 Å². The van der Waals surface area contributed by atoms with Crippen molar-refractivity contribution < 1.29 is 4.79 Å². The zero-order valence-electron chi connectivity index (χ0n) is 14.0. The smallest absolute Gasteiger partial charge is 0.274 e. The number of amides is 1. The van der Waals surface area contributed by atoms with Crippen LogP contribution in [0.4, 0.5) is 0 Å². The second kappa shape index (κ2) is 6.90. The Labute approximate surface area is 140 Å². The predicted molar refractivity (Wildman–Crippen MR) is 88.6 cm³/mol. The summed E-state index contributed by atoms with van der Waals surface area (Å²) in [6, 6.07) is 3.28. The van der Waals surface area contributed by atoms with Gasteiger partial charge in [-0.15, -0.1) is 0 Å². The molecule has 7 nitrogen and oxygen atoms in total. The van der Waals surface area contributed by atoms with Crippen LogP contribution in [-0.4, -0.2) is 43.6 Å². The number of rotatable bonds is 3. The van der Waals surface area contributed by atoms with E-state index in [9.17, 15) is 9.59 Å². The van der Waals surface area contributed by atoms with Gasteiger partial charge in [-0.3, -0.25) is 14.6 Å². The van der Waals surface area contributed by atoms with E-state index in [4.69, 9.17) is 0 Å². The molecule has 2 aromatic heterocycles. The molecule has 1 amide bonds. The minimum Gasteiger partial charge on any atom is -0.337 e. The summed E-state index contributed by atoms with van der Waals surface area (Å²) in [4.78, 5) is 34.4. The van der Waals surface area contributed by atoms with Crippen LogP contribution in [0, 0.1) is 19.8 Å². The maximum Gasteiger partial charge on any atom is 0.274 e. The van der Waals surface area contributed by atoms with Gasteiger partial charge in [0.05, 0.1) is 17.6 Å². The number of nitrogens with zero attached hydrogens (tertiary/aromatic N) is 5. The van der Waals surface area contributed by atoms with Gasteiger partial charge in [0, 0.05) is 31.9 Å². The van der Waals surface area contributed by atoms with Crippen LogP contribution in [0.5, 0.6) is 0 Å². The molecule has 0 spiro atoms. The average molecular weight is 327 g/mol. The minimum atomic E-state index is -0.0770. The van der Waals surface area contributed by atoms with Gasteiger partial charge in [-0.05, 0) is 38.7 Å². The van der Waals surface area contributed by atoms with E-state index in [0.717, 1.165) is 24.2 Å². The Hall–Kier alpha value is -2.57. The van der Waals surface area contributed by atoms with Crippen LogP contribution in [0.1, 0.15) is 34.7 Å². The molecule has 2 aromatic rings. The maximum atomic E-state index is 12.4. The summed E-state index contributed by atoms with van der Waals surface area (Å²) in [6.07, 6.45) is 4.84. The van der Waals surface area contributed by atoms with Gasteiger partial charge in [-0.25, -0.2) is 9.67 Å². The standard InChI is InChI=1S/C17H21N5O2/c1-12-3-4-16(23)22(20-12)11-14-5-7-21(8-6-14)17(24)15-10-18-13(2)9-19-15/h3-4,9-10,14H,5-8,11H2,1-2H3. The number of likely N-dealkylation sites (tertiary alicyclic amines) is 1.